The zero-order valence-corrected chi connectivity index (χ0v) is 13.6. The Labute approximate surface area is 126 Å². The van der Waals surface area contributed by atoms with Gasteiger partial charge < -0.3 is 10.1 Å². The lowest BCUT2D eigenvalue weighted by atomic mass is 9.94. The zero-order valence-electron chi connectivity index (χ0n) is 12.8. The van der Waals surface area contributed by atoms with Crippen LogP contribution in [0.15, 0.2) is 18.2 Å². The number of nitrogens with one attached hydrogen (secondary N) is 1. The van der Waals surface area contributed by atoms with Crippen LogP contribution in [0.2, 0.25) is 5.02 Å². The van der Waals surface area contributed by atoms with Crippen LogP contribution in [0, 0.1) is 5.82 Å². The van der Waals surface area contributed by atoms with E-state index in [1.54, 1.807) is 25.3 Å². The minimum absolute atomic E-state index is 0.0388. The van der Waals surface area contributed by atoms with Crippen molar-refractivity contribution in [2.75, 3.05) is 13.7 Å². The molecule has 0 saturated carbocycles. The zero-order chi connectivity index (χ0) is 15.2. The van der Waals surface area contributed by atoms with Crippen LogP contribution in [0.25, 0.3) is 0 Å². The molecule has 114 valence electrons. The average Bonchev–Trinajstić information content (AvgIpc) is 2.43. The molecule has 4 heteroatoms. The van der Waals surface area contributed by atoms with Crippen molar-refractivity contribution < 1.29 is 9.13 Å². The molecule has 0 heterocycles. The lowest BCUT2D eigenvalue weighted by molar-refractivity contribution is 0.0116. The maximum atomic E-state index is 14.2. The molecule has 0 aliphatic heterocycles. The van der Waals surface area contributed by atoms with Gasteiger partial charge in [0.2, 0.25) is 0 Å². The Morgan fingerprint density at radius 1 is 1.40 bits per heavy atom. The van der Waals surface area contributed by atoms with Crippen LogP contribution in [0.5, 0.6) is 0 Å². The van der Waals surface area contributed by atoms with Crippen LogP contribution >= 0.6 is 11.6 Å². The molecule has 0 fully saturated rings. The third-order valence-electron chi connectivity index (χ3n) is 3.59. The van der Waals surface area contributed by atoms with Crippen molar-refractivity contribution in [2.24, 2.45) is 0 Å². The first kappa shape index (κ1) is 17.4. The molecule has 0 aromatic heterocycles. The summed E-state index contributed by atoms with van der Waals surface area (Å²) in [6.45, 7) is 7.03. The molecule has 20 heavy (non-hydrogen) atoms. The van der Waals surface area contributed by atoms with Crippen molar-refractivity contribution in [2.45, 2.75) is 51.7 Å². The summed E-state index contributed by atoms with van der Waals surface area (Å²) in [4.78, 5) is 0. The normalized spacial score (nSPS) is 13.5. The lowest BCUT2D eigenvalue weighted by Gasteiger charge is -2.27. The second kappa shape index (κ2) is 7.96. The maximum Gasteiger partial charge on any atom is 0.146 e. The highest BCUT2D eigenvalue weighted by Crippen LogP contribution is 2.29. The van der Waals surface area contributed by atoms with Gasteiger partial charge in [0, 0.05) is 18.7 Å². The van der Waals surface area contributed by atoms with E-state index in [4.69, 9.17) is 16.3 Å². The molecule has 0 radical (unpaired) electrons. The SMILES string of the molecule is CCCNC(CCC(C)(C)OC)c1cccc(Cl)c1F. The monoisotopic (exact) mass is 301 g/mol. The molecule has 1 aromatic carbocycles. The Morgan fingerprint density at radius 2 is 2.10 bits per heavy atom. The molecule has 1 aromatic rings. The maximum absolute atomic E-state index is 14.2. The van der Waals surface area contributed by atoms with E-state index >= 15 is 0 Å². The Balaban J connectivity index is 2.86. The lowest BCUT2D eigenvalue weighted by Crippen LogP contribution is -2.28. The van der Waals surface area contributed by atoms with Gasteiger partial charge in [0.1, 0.15) is 5.82 Å². The minimum atomic E-state index is -0.321. The van der Waals surface area contributed by atoms with Gasteiger partial charge in [-0.25, -0.2) is 4.39 Å². The van der Waals surface area contributed by atoms with Crippen LogP contribution in [0.1, 0.15) is 51.6 Å². The standard InChI is InChI=1S/C16H25ClFNO/c1-5-11-19-14(9-10-16(2,3)20-4)12-7-6-8-13(17)15(12)18/h6-8,14,19H,5,9-11H2,1-4H3. The second-order valence-corrected chi connectivity index (χ2v) is 6.06. The van der Waals surface area contributed by atoms with Crippen molar-refractivity contribution in [1.82, 2.24) is 5.32 Å². The highest BCUT2D eigenvalue weighted by Gasteiger charge is 2.22. The first-order valence-electron chi connectivity index (χ1n) is 7.13. The van der Waals surface area contributed by atoms with E-state index in [1.807, 2.05) is 13.8 Å². The molecule has 0 amide bonds. The topological polar surface area (TPSA) is 21.3 Å². The van der Waals surface area contributed by atoms with Crippen LogP contribution in [-0.4, -0.2) is 19.3 Å². The van der Waals surface area contributed by atoms with E-state index in [2.05, 4.69) is 12.2 Å². The van der Waals surface area contributed by atoms with Crippen LogP contribution < -0.4 is 5.32 Å². The van der Waals surface area contributed by atoms with Gasteiger partial charge in [0.25, 0.3) is 0 Å². The smallest absolute Gasteiger partial charge is 0.146 e. The summed E-state index contributed by atoms with van der Waals surface area (Å²) >= 11 is 5.88. The molecule has 1 N–H and O–H groups in total. The highest BCUT2D eigenvalue weighted by molar-refractivity contribution is 6.30. The van der Waals surface area contributed by atoms with E-state index in [-0.39, 0.29) is 22.5 Å². The van der Waals surface area contributed by atoms with E-state index < -0.39 is 0 Å². The molecule has 1 atom stereocenters. The fraction of sp³-hybridized carbons (Fsp3) is 0.625. The van der Waals surface area contributed by atoms with E-state index in [1.165, 1.54) is 0 Å². The third-order valence-corrected chi connectivity index (χ3v) is 3.88. The van der Waals surface area contributed by atoms with Crippen molar-refractivity contribution in [3.8, 4) is 0 Å². The van der Waals surface area contributed by atoms with E-state index in [0.717, 1.165) is 25.8 Å². The van der Waals surface area contributed by atoms with Crippen LogP contribution in [0.3, 0.4) is 0 Å². The summed E-state index contributed by atoms with van der Waals surface area (Å²) in [6, 6.07) is 5.14. The van der Waals surface area contributed by atoms with Gasteiger partial charge in [-0.3, -0.25) is 0 Å². The second-order valence-electron chi connectivity index (χ2n) is 5.65. The number of hydrogen-bond donors (Lipinski definition) is 1. The van der Waals surface area contributed by atoms with Gasteiger partial charge in [-0.2, -0.15) is 0 Å². The summed E-state index contributed by atoms with van der Waals surface area (Å²) in [7, 11) is 1.70. The fourth-order valence-corrected chi connectivity index (χ4v) is 2.25. The number of benzene rings is 1. The molecule has 2 nitrogen and oxygen atoms in total. The third kappa shape index (κ3) is 5.04. The van der Waals surface area contributed by atoms with Gasteiger partial charge in [0.05, 0.1) is 10.6 Å². The average molecular weight is 302 g/mol. The molecule has 0 spiro atoms. The van der Waals surface area contributed by atoms with Gasteiger partial charge in [-0.15, -0.1) is 0 Å². The van der Waals surface area contributed by atoms with Crippen molar-refractivity contribution in [1.29, 1.82) is 0 Å². The Morgan fingerprint density at radius 3 is 2.70 bits per heavy atom. The molecule has 0 aliphatic carbocycles. The summed E-state index contributed by atoms with van der Waals surface area (Å²) in [5.74, 6) is -0.321. The molecule has 1 rings (SSSR count). The quantitative estimate of drug-likeness (QED) is 0.750. The number of halogens is 2. The Kier molecular flexibility index (Phi) is 6.93. The van der Waals surface area contributed by atoms with Gasteiger partial charge in [-0.05, 0) is 45.7 Å². The predicted molar refractivity (Wildman–Crippen MR) is 82.8 cm³/mol. The highest BCUT2D eigenvalue weighted by atomic mass is 35.5. The summed E-state index contributed by atoms with van der Waals surface area (Å²) in [6.07, 6.45) is 2.65. The first-order valence-corrected chi connectivity index (χ1v) is 7.51. The largest absolute Gasteiger partial charge is 0.379 e. The predicted octanol–water partition coefficient (Wildman–Crippen LogP) is 4.73. The molecule has 1 unspecified atom stereocenters. The van der Waals surface area contributed by atoms with Gasteiger partial charge in [0.15, 0.2) is 0 Å². The number of rotatable bonds is 8. The van der Waals surface area contributed by atoms with Crippen molar-refractivity contribution >= 4 is 11.6 Å². The summed E-state index contributed by atoms with van der Waals surface area (Å²) in [5.41, 5.74) is 0.430. The fourth-order valence-electron chi connectivity index (χ4n) is 2.07. The molecular formula is C16H25ClFNO. The molecule has 0 saturated heterocycles. The summed E-state index contributed by atoms with van der Waals surface area (Å²) in [5, 5.41) is 3.57. The van der Waals surface area contributed by atoms with Gasteiger partial charge in [-0.1, -0.05) is 30.7 Å². The van der Waals surface area contributed by atoms with Gasteiger partial charge >= 0.3 is 0 Å². The molecule has 0 bridgehead atoms. The van der Waals surface area contributed by atoms with E-state index in [0.29, 0.717) is 5.56 Å². The minimum Gasteiger partial charge on any atom is -0.379 e. The summed E-state index contributed by atoms with van der Waals surface area (Å²) < 4.78 is 19.6. The first-order chi connectivity index (χ1) is 9.41. The Hall–Kier alpha value is -0.640. The molecule has 0 aliphatic rings. The van der Waals surface area contributed by atoms with Crippen molar-refractivity contribution in [3.05, 3.63) is 34.6 Å². The number of ether oxygens (including phenoxy) is 1. The number of hydrogen-bond acceptors (Lipinski definition) is 2. The Bertz CT molecular complexity index is 423. The number of methoxy groups -OCH3 is 1. The van der Waals surface area contributed by atoms with Crippen molar-refractivity contribution in [3.63, 3.8) is 0 Å². The van der Waals surface area contributed by atoms with Crippen LogP contribution in [0.4, 0.5) is 4.39 Å². The molecular weight excluding hydrogens is 277 g/mol. The van der Waals surface area contributed by atoms with Crippen LogP contribution in [-0.2, 0) is 4.74 Å². The van der Waals surface area contributed by atoms with E-state index in [9.17, 15) is 4.39 Å².